The Labute approximate surface area is 187 Å². The first-order chi connectivity index (χ1) is 15.0. The van der Waals surface area contributed by atoms with Gasteiger partial charge in [-0.1, -0.05) is 18.5 Å². The van der Waals surface area contributed by atoms with E-state index in [1.54, 1.807) is 30.3 Å². The Hall–Kier alpha value is -2.77. The highest BCUT2D eigenvalue weighted by Crippen LogP contribution is 2.28. The predicted molar refractivity (Wildman–Crippen MR) is 121 cm³/mol. The monoisotopic (exact) mass is 446 g/mol. The van der Waals surface area contributed by atoms with Gasteiger partial charge in [-0.3, -0.25) is 4.79 Å². The molecule has 1 N–H and O–H groups in total. The molecular formula is C23H27ClN2O5. The van der Waals surface area contributed by atoms with Gasteiger partial charge in [0.1, 0.15) is 5.75 Å². The molecule has 1 fully saturated rings. The van der Waals surface area contributed by atoms with Gasteiger partial charge >= 0.3 is 5.97 Å². The van der Waals surface area contributed by atoms with Gasteiger partial charge in [0, 0.05) is 24.3 Å². The number of anilines is 2. The van der Waals surface area contributed by atoms with Crippen LogP contribution in [0.4, 0.5) is 11.4 Å². The fourth-order valence-electron chi connectivity index (χ4n) is 3.25. The number of carbonyl (C=O) groups excluding carboxylic acids is 2. The normalized spacial score (nSPS) is 13.6. The minimum atomic E-state index is -0.413. The zero-order valence-electron chi connectivity index (χ0n) is 17.8. The molecule has 0 bridgehead atoms. The molecule has 7 nitrogen and oxygen atoms in total. The van der Waals surface area contributed by atoms with Crippen molar-refractivity contribution in [2.45, 2.75) is 20.3 Å². The largest absolute Gasteiger partial charge is 0.492 e. The Morgan fingerprint density at radius 1 is 1.13 bits per heavy atom. The van der Waals surface area contributed by atoms with Gasteiger partial charge in [-0.25, -0.2) is 4.79 Å². The Morgan fingerprint density at radius 3 is 2.58 bits per heavy atom. The summed E-state index contributed by atoms with van der Waals surface area (Å²) in [6, 6.07) is 10.1. The number of carbonyl (C=O) groups is 2. The lowest BCUT2D eigenvalue weighted by Crippen LogP contribution is -2.37. The molecule has 2 aromatic rings. The van der Waals surface area contributed by atoms with Crippen molar-refractivity contribution >= 4 is 34.9 Å². The molecule has 166 valence electrons. The Morgan fingerprint density at radius 2 is 1.90 bits per heavy atom. The van der Waals surface area contributed by atoms with Gasteiger partial charge < -0.3 is 24.4 Å². The lowest BCUT2D eigenvalue weighted by molar-refractivity contribution is 0.0504. The van der Waals surface area contributed by atoms with Gasteiger partial charge in [0.15, 0.2) is 0 Å². The summed E-state index contributed by atoms with van der Waals surface area (Å²) in [5.41, 5.74) is 2.07. The Kier molecular flexibility index (Phi) is 8.14. The van der Waals surface area contributed by atoms with E-state index >= 15 is 0 Å². The van der Waals surface area contributed by atoms with Crippen molar-refractivity contribution in [3.8, 4) is 5.75 Å². The molecule has 2 aromatic carbocycles. The maximum atomic E-state index is 12.7. The van der Waals surface area contributed by atoms with Crippen LogP contribution in [0.2, 0.25) is 5.02 Å². The number of nitrogens with one attached hydrogen (secondary N) is 1. The van der Waals surface area contributed by atoms with E-state index in [9.17, 15) is 9.59 Å². The number of rotatable bonds is 8. The van der Waals surface area contributed by atoms with E-state index in [-0.39, 0.29) is 5.91 Å². The second kappa shape index (κ2) is 11.0. The first-order valence-corrected chi connectivity index (χ1v) is 10.8. The topological polar surface area (TPSA) is 77.1 Å². The van der Waals surface area contributed by atoms with Crippen LogP contribution in [0.25, 0.3) is 0 Å². The first kappa shape index (κ1) is 22.9. The van der Waals surface area contributed by atoms with Crippen molar-refractivity contribution in [2.24, 2.45) is 0 Å². The molecule has 1 heterocycles. The number of halogens is 1. The average Bonchev–Trinajstić information content (AvgIpc) is 2.79. The van der Waals surface area contributed by atoms with Crippen molar-refractivity contribution in [3.63, 3.8) is 0 Å². The van der Waals surface area contributed by atoms with Crippen LogP contribution in [-0.4, -0.2) is 51.4 Å². The minimum absolute atomic E-state index is 0.336. The van der Waals surface area contributed by atoms with Crippen LogP contribution in [0.5, 0.6) is 5.75 Å². The molecule has 0 aliphatic carbocycles. The highest BCUT2D eigenvalue weighted by Gasteiger charge is 2.21. The molecule has 1 aliphatic heterocycles. The molecule has 1 amide bonds. The molecule has 1 aliphatic rings. The summed E-state index contributed by atoms with van der Waals surface area (Å²) in [7, 11) is 0. The third-order valence-electron chi connectivity index (χ3n) is 4.76. The van der Waals surface area contributed by atoms with Crippen molar-refractivity contribution in [2.75, 3.05) is 49.7 Å². The number of benzene rings is 2. The molecule has 0 spiro atoms. The van der Waals surface area contributed by atoms with Gasteiger partial charge in [0.05, 0.1) is 42.7 Å². The van der Waals surface area contributed by atoms with E-state index in [4.69, 9.17) is 25.8 Å². The SMILES string of the molecule is CCCOC(=O)c1cc(NC(=O)c2ccc(OCC)c(Cl)c2)ccc1N1CCOCC1. The van der Waals surface area contributed by atoms with E-state index < -0.39 is 5.97 Å². The summed E-state index contributed by atoms with van der Waals surface area (Å²) in [5.74, 6) is -0.225. The molecule has 31 heavy (non-hydrogen) atoms. The van der Waals surface area contributed by atoms with Gasteiger partial charge in [0.2, 0.25) is 0 Å². The van der Waals surface area contributed by atoms with Gasteiger partial charge in [-0.05, 0) is 49.7 Å². The fourth-order valence-corrected chi connectivity index (χ4v) is 3.48. The smallest absolute Gasteiger partial charge is 0.340 e. The highest BCUT2D eigenvalue weighted by molar-refractivity contribution is 6.32. The fraction of sp³-hybridized carbons (Fsp3) is 0.391. The van der Waals surface area contributed by atoms with E-state index in [1.165, 1.54) is 0 Å². The Balaban J connectivity index is 1.83. The van der Waals surface area contributed by atoms with Crippen LogP contribution in [0.3, 0.4) is 0 Å². The predicted octanol–water partition coefficient (Wildman–Crippen LogP) is 4.39. The number of morpholine rings is 1. The van der Waals surface area contributed by atoms with Crippen LogP contribution in [0.15, 0.2) is 36.4 Å². The number of ether oxygens (including phenoxy) is 3. The minimum Gasteiger partial charge on any atom is -0.492 e. The maximum absolute atomic E-state index is 12.7. The summed E-state index contributed by atoms with van der Waals surface area (Å²) >= 11 is 6.20. The van der Waals surface area contributed by atoms with Crippen molar-refractivity contribution in [3.05, 3.63) is 52.5 Å². The third-order valence-corrected chi connectivity index (χ3v) is 5.05. The molecule has 0 saturated carbocycles. The average molecular weight is 447 g/mol. The first-order valence-electron chi connectivity index (χ1n) is 10.4. The van der Waals surface area contributed by atoms with E-state index in [1.807, 2.05) is 19.9 Å². The summed E-state index contributed by atoms with van der Waals surface area (Å²) < 4.78 is 16.2. The maximum Gasteiger partial charge on any atom is 0.340 e. The summed E-state index contributed by atoms with van der Waals surface area (Å²) in [4.78, 5) is 27.5. The lowest BCUT2D eigenvalue weighted by Gasteiger charge is -2.30. The zero-order chi connectivity index (χ0) is 22.2. The standard InChI is InChI=1S/C23H27ClN2O5/c1-3-11-31-23(28)18-15-17(6-7-20(18)26-9-12-29-13-10-26)25-22(27)16-5-8-21(30-4-2)19(24)14-16/h5-8,14-15H,3-4,9-13H2,1-2H3,(H,25,27). The number of amides is 1. The number of hydrogen-bond acceptors (Lipinski definition) is 6. The van der Waals surface area contributed by atoms with Crippen molar-refractivity contribution < 1.29 is 23.8 Å². The zero-order valence-corrected chi connectivity index (χ0v) is 18.5. The lowest BCUT2D eigenvalue weighted by atomic mass is 10.1. The molecule has 3 rings (SSSR count). The molecule has 0 radical (unpaired) electrons. The van der Waals surface area contributed by atoms with Crippen LogP contribution < -0.4 is 15.0 Å². The Bertz CT molecular complexity index is 928. The van der Waals surface area contributed by atoms with Gasteiger partial charge in [-0.2, -0.15) is 0 Å². The molecular weight excluding hydrogens is 420 g/mol. The third kappa shape index (κ3) is 5.89. The van der Waals surface area contributed by atoms with Crippen LogP contribution in [-0.2, 0) is 9.47 Å². The second-order valence-corrected chi connectivity index (χ2v) is 7.41. The summed E-state index contributed by atoms with van der Waals surface area (Å²) in [6.45, 7) is 7.19. The summed E-state index contributed by atoms with van der Waals surface area (Å²) in [6.07, 6.45) is 0.730. The van der Waals surface area contributed by atoms with E-state index in [2.05, 4.69) is 10.2 Å². The quantitative estimate of drug-likeness (QED) is 0.606. The summed E-state index contributed by atoms with van der Waals surface area (Å²) in [5, 5.41) is 3.19. The molecule has 8 heteroatoms. The number of hydrogen-bond donors (Lipinski definition) is 1. The molecule has 1 saturated heterocycles. The van der Waals surface area contributed by atoms with E-state index in [0.29, 0.717) is 67.1 Å². The van der Waals surface area contributed by atoms with Crippen LogP contribution in [0.1, 0.15) is 41.0 Å². The van der Waals surface area contributed by atoms with Crippen molar-refractivity contribution in [1.82, 2.24) is 0 Å². The van der Waals surface area contributed by atoms with Crippen LogP contribution >= 0.6 is 11.6 Å². The van der Waals surface area contributed by atoms with E-state index in [0.717, 1.165) is 12.1 Å². The van der Waals surface area contributed by atoms with Crippen LogP contribution in [0, 0.1) is 0 Å². The number of esters is 1. The molecule has 0 atom stereocenters. The highest BCUT2D eigenvalue weighted by atomic mass is 35.5. The molecule has 0 unspecified atom stereocenters. The van der Waals surface area contributed by atoms with Crippen molar-refractivity contribution in [1.29, 1.82) is 0 Å². The van der Waals surface area contributed by atoms with Gasteiger partial charge in [0.25, 0.3) is 5.91 Å². The molecule has 0 aromatic heterocycles. The van der Waals surface area contributed by atoms with Gasteiger partial charge in [-0.15, -0.1) is 0 Å². The second-order valence-electron chi connectivity index (χ2n) is 7.00. The number of nitrogens with zero attached hydrogens (tertiary/aromatic N) is 1.